The largest absolute Gasteiger partial charge is 0.387 e. The molecule has 3 atom stereocenters. The highest BCUT2D eigenvalue weighted by Gasteiger charge is 2.29. The zero-order chi connectivity index (χ0) is 16.4. The third kappa shape index (κ3) is 3.43. The minimum atomic E-state index is -1.17. The molecule has 0 bridgehead atoms. The van der Waals surface area contributed by atoms with Crippen molar-refractivity contribution in [3.63, 3.8) is 0 Å². The van der Waals surface area contributed by atoms with Crippen LogP contribution in [0.2, 0.25) is 0 Å². The number of aliphatic hydroxyl groups is 1. The van der Waals surface area contributed by atoms with Crippen molar-refractivity contribution in [2.45, 2.75) is 25.5 Å². The molecule has 0 saturated carbocycles. The Morgan fingerprint density at radius 2 is 2.09 bits per heavy atom. The molecule has 1 N–H and O–H groups in total. The maximum atomic E-state index is 13.8. The summed E-state index contributed by atoms with van der Waals surface area (Å²) in [5.74, 6) is -0.911. The number of piperidine rings is 1. The van der Waals surface area contributed by atoms with Gasteiger partial charge in [-0.05, 0) is 31.0 Å². The first-order valence-electron chi connectivity index (χ1n) is 7.88. The smallest absolute Gasteiger partial charge is 0.131 e. The monoisotopic (exact) mass is 321 g/mol. The van der Waals surface area contributed by atoms with Crippen LogP contribution in [0.5, 0.6) is 0 Å². The quantitative estimate of drug-likeness (QED) is 0.941. The molecular weight excluding hydrogens is 300 g/mol. The molecule has 0 aliphatic carbocycles. The van der Waals surface area contributed by atoms with Crippen LogP contribution in [0, 0.1) is 17.6 Å². The molecule has 1 aliphatic heterocycles. The van der Waals surface area contributed by atoms with Crippen molar-refractivity contribution in [3.8, 4) is 0 Å². The summed E-state index contributed by atoms with van der Waals surface area (Å²) >= 11 is 0. The lowest BCUT2D eigenvalue weighted by Crippen LogP contribution is -2.42. The molecule has 23 heavy (non-hydrogen) atoms. The fourth-order valence-electron chi connectivity index (χ4n) is 3.30. The van der Waals surface area contributed by atoms with Crippen LogP contribution in [0.25, 0.3) is 0 Å². The SMILES string of the molecule is CC1CCN(CC(O)c2c(F)cccc2F)CC1n1ccnc1. The number of rotatable bonds is 4. The molecule has 0 amide bonds. The Morgan fingerprint density at radius 3 is 2.74 bits per heavy atom. The predicted octanol–water partition coefficient (Wildman–Crippen LogP) is 2.78. The summed E-state index contributed by atoms with van der Waals surface area (Å²) in [4.78, 5) is 6.14. The van der Waals surface area contributed by atoms with Crippen LogP contribution in [0.15, 0.2) is 36.9 Å². The van der Waals surface area contributed by atoms with E-state index in [1.165, 1.54) is 18.2 Å². The van der Waals surface area contributed by atoms with Crippen LogP contribution in [0.4, 0.5) is 8.78 Å². The molecule has 1 fully saturated rings. The predicted molar refractivity (Wildman–Crippen MR) is 82.8 cm³/mol. The standard InChI is InChI=1S/C17H21F2N3O/c1-12-5-7-21(9-15(12)22-8-6-20-11-22)10-16(23)17-13(18)3-2-4-14(17)19/h2-4,6,8,11-12,15-16,23H,5,7,9-10H2,1H3. The molecule has 124 valence electrons. The second-order valence-corrected chi connectivity index (χ2v) is 6.25. The zero-order valence-electron chi connectivity index (χ0n) is 13.1. The van der Waals surface area contributed by atoms with Crippen molar-refractivity contribution in [2.24, 2.45) is 5.92 Å². The third-order valence-corrected chi connectivity index (χ3v) is 4.67. The number of aliphatic hydroxyl groups excluding tert-OH is 1. The molecule has 1 aromatic carbocycles. The van der Waals surface area contributed by atoms with Crippen LogP contribution in [0.3, 0.4) is 0 Å². The normalized spacial score (nSPS) is 23.8. The van der Waals surface area contributed by atoms with E-state index in [0.717, 1.165) is 19.5 Å². The summed E-state index contributed by atoms with van der Waals surface area (Å²) in [6, 6.07) is 3.91. The highest BCUT2D eigenvalue weighted by molar-refractivity contribution is 5.22. The van der Waals surface area contributed by atoms with E-state index < -0.39 is 17.7 Å². The molecular formula is C17H21F2N3O. The lowest BCUT2D eigenvalue weighted by atomic mass is 9.92. The van der Waals surface area contributed by atoms with E-state index in [1.54, 1.807) is 12.5 Å². The highest BCUT2D eigenvalue weighted by Crippen LogP contribution is 2.29. The zero-order valence-corrected chi connectivity index (χ0v) is 13.1. The number of likely N-dealkylation sites (tertiary alicyclic amines) is 1. The van der Waals surface area contributed by atoms with E-state index in [4.69, 9.17) is 0 Å². The average Bonchev–Trinajstić information content (AvgIpc) is 3.03. The summed E-state index contributed by atoms with van der Waals surface area (Å²) < 4.78 is 29.6. The summed E-state index contributed by atoms with van der Waals surface area (Å²) in [5, 5.41) is 10.3. The molecule has 6 heteroatoms. The van der Waals surface area contributed by atoms with Gasteiger partial charge in [0.25, 0.3) is 0 Å². The van der Waals surface area contributed by atoms with Gasteiger partial charge >= 0.3 is 0 Å². The Morgan fingerprint density at radius 1 is 1.35 bits per heavy atom. The van der Waals surface area contributed by atoms with Gasteiger partial charge in [-0.3, -0.25) is 4.90 Å². The van der Waals surface area contributed by atoms with Gasteiger partial charge in [-0.1, -0.05) is 13.0 Å². The van der Waals surface area contributed by atoms with Crippen molar-refractivity contribution in [1.82, 2.24) is 14.5 Å². The van der Waals surface area contributed by atoms with Crippen LogP contribution in [0.1, 0.15) is 31.1 Å². The highest BCUT2D eigenvalue weighted by atomic mass is 19.1. The lowest BCUT2D eigenvalue weighted by Gasteiger charge is -2.38. The molecule has 2 heterocycles. The van der Waals surface area contributed by atoms with Gasteiger partial charge in [0, 0.05) is 31.5 Å². The number of nitrogens with zero attached hydrogens (tertiary/aromatic N) is 3. The summed E-state index contributed by atoms with van der Waals surface area (Å²) in [5.41, 5.74) is -0.245. The fraction of sp³-hybridized carbons (Fsp3) is 0.471. The summed E-state index contributed by atoms with van der Waals surface area (Å²) in [7, 11) is 0. The first-order chi connectivity index (χ1) is 11.1. The summed E-state index contributed by atoms with van der Waals surface area (Å²) in [6.07, 6.45) is 5.26. The van der Waals surface area contributed by atoms with E-state index >= 15 is 0 Å². The van der Waals surface area contributed by atoms with Crippen molar-refractivity contribution >= 4 is 0 Å². The number of hydrogen-bond acceptors (Lipinski definition) is 3. The van der Waals surface area contributed by atoms with E-state index in [9.17, 15) is 13.9 Å². The summed E-state index contributed by atoms with van der Waals surface area (Å²) in [6.45, 7) is 3.94. The van der Waals surface area contributed by atoms with Crippen molar-refractivity contribution in [3.05, 3.63) is 54.1 Å². The maximum Gasteiger partial charge on any atom is 0.131 e. The van der Waals surface area contributed by atoms with Gasteiger partial charge in [0.05, 0.1) is 18.0 Å². The molecule has 1 aliphatic rings. The maximum absolute atomic E-state index is 13.8. The molecule has 1 saturated heterocycles. The Bertz CT molecular complexity index is 627. The van der Waals surface area contributed by atoms with Crippen LogP contribution >= 0.6 is 0 Å². The first kappa shape index (κ1) is 16.1. The van der Waals surface area contributed by atoms with Gasteiger partial charge in [-0.25, -0.2) is 13.8 Å². The Hall–Kier alpha value is -1.79. The molecule has 0 spiro atoms. The second kappa shape index (κ2) is 6.76. The van der Waals surface area contributed by atoms with E-state index in [1.807, 2.05) is 6.20 Å². The van der Waals surface area contributed by atoms with E-state index in [0.29, 0.717) is 5.92 Å². The number of hydrogen-bond donors (Lipinski definition) is 1. The van der Waals surface area contributed by atoms with Crippen molar-refractivity contribution in [1.29, 1.82) is 0 Å². The van der Waals surface area contributed by atoms with Gasteiger partial charge in [-0.2, -0.15) is 0 Å². The molecule has 0 radical (unpaired) electrons. The van der Waals surface area contributed by atoms with Crippen LogP contribution in [-0.4, -0.2) is 39.2 Å². The first-order valence-corrected chi connectivity index (χ1v) is 7.88. The third-order valence-electron chi connectivity index (χ3n) is 4.67. The lowest BCUT2D eigenvalue weighted by molar-refractivity contribution is 0.0651. The van der Waals surface area contributed by atoms with E-state index in [-0.39, 0.29) is 18.2 Å². The second-order valence-electron chi connectivity index (χ2n) is 6.25. The number of benzene rings is 1. The van der Waals surface area contributed by atoms with Crippen molar-refractivity contribution < 1.29 is 13.9 Å². The van der Waals surface area contributed by atoms with Crippen molar-refractivity contribution in [2.75, 3.05) is 19.6 Å². The minimum Gasteiger partial charge on any atom is -0.387 e. The van der Waals surface area contributed by atoms with Gasteiger partial charge in [0.15, 0.2) is 0 Å². The fourth-order valence-corrected chi connectivity index (χ4v) is 3.30. The molecule has 1 aromatic heterocycles. The number of aromatic nitrogens is 2. The minimum absolute atomic E-state index is 0.218. The molecule has 2 aromatic rings. The van der Waals surface area contributed by atoms with Gasteiger partial charge in [-0.15, -0.1) is 0 Å². The van der Waals surface area contributed by atoms with Crippen LogP contribution in [-0.2, 0) is 0 Å². The van der Waals surface area contributed by atoms with Gasteiger partial charge < -0.3 is 9.67 Å². The topological polar surface area (TPSA) is 41.3 Å². The molecule has 3 rings (SSSR count). The van der Waals surface area contributed by atoms with Gasteiger partial charge in [0.1, 0.15) is 11.6 Å². The number of β-amino-alcohol motifs (C(OH)–C–C–N with tert-alkyl or cyclic N) is 1. The Labute approximate surface area is 134 Å². The Kier molecular flexibility index (Phi) is 4.73. The van der Waals surface area contributed by atoms with Gasteiger partial charge in [0.2, 0.25) is 0 Å². The molecule has 3 unspecified atom stereocenters. The Balaban J connectivity index is 1.70. The van der Waals surface area contributed by atoms with E-state index in [2.05, 4.69) is 21.4 Å². The number of imidazole rings is 1. The molecule has 4 nitrogen and oxygen atoms in total. The average molecular weight is 321 g/mol. The number of halogens is 2. The van der Waals surface area contributed by atoms with Crippen LogP contribution < -0.4 is 0 Å².